The van der Waals surface area contributed by atoms with E-state index in [2.05, 4.69) is 15.6 Å². The largest absolute Gasteiger partial charge is 0.508 e. The SMILES string of the molecule is CCNC(=NCc1ccc(O)cc1)NC1CCCC(S(=O)CC)C1. The fourth-order valence-corrected chi connectivity index (χ4v) is 4.38. The van der Waals surface area contributed by atoms with E-state index in [1.807, 2.05) is 26.0 Å². The normalized spacial score (nSPS) is 22.8. The summed E-state index contributed by atoms with van der Waals surface area (Å²) in [5.41, 5.74) is 1.05. The first-order valence-electron chi connectivity index (χ1n) is 8.82. The van der Waals surface area contributed by atoms with Crippen LogP contribution in [0.15, 0.2) is 29.3 Å². The summed E-state index contributed by atoms with van der Waals surface area (Å²) in [6.07, 6.45) is 4.23. The molecule has 0 amide bonds. The van der Waals surface area contributed by atoms with Gasteiger partial charge < -0.3 is 15.7 Å². The number of benzene rings is 1. The van der Waals surface area contributed by atoms with Crippen molar-refractivity contribution in [3.63, 3.8) is 0 Å². The van der Waals surface area contributed by atoms with E-state index in [9.17, 15) is 9.32 Å². The van der Waals surface area contributed by atoms with Crippen LogP contribution < -0.4 is 10.6 Å². The van der Waals surface area contributed by atoms with Gasteiger partial charge in [-0.2, -0.15) is 0 Å². The van der Waals surface area contributed by atoms with Gasteiger partial charge in [0.25, 0.3) is 0 Å². The first-order chi connectivity index (χ1) is 11.6. The molecular weight excluding hydrogens is 322 g/mol. The Labute approximate surface area is 147 Å². The van der Waals surface area contributed by atoms with Crippen molar-refractivity contribution in [2.24, 2.45) is 4.99 Å². The molecule has 0 bridgehead atoms. The molecule has 134 valence electrons. The lowest BCUT2D eigenvalue weighted by atomic mass is 9.95. The third kappa shape index (κ3) is 5.82. The van der Waals surface area contributed by atoms with Gasteiger partial charge >= 0.3 is 0 Å². The van der Waals surface area contributed by atoms with E-state index in [4.69, 9.17) is 0 Å². The number of phenolic OH excluding ortho intramolecular Hbond substituents is 1. The third-order valence-corrected chi connectivity index (χ3v) is 6.06. The zero-order valence-corrected chi connectivity index (χ0v) is 15.4. The van der Waals surface area contributed by atoms with Crippen molar-refractivity contribution in [1.29, 1.82) is 0 Å². The maximum atomic E-state index is 12.1. The molecule has 0 radical (unpaired) electrons. The summed E-state index contributed by atoms with van der Waals surface area (Å²) in [6.45, 7) is 5.41. The lowest BCUT2D eigenvalue weighted by Gasteiger charge is -2.30. The van der Waals surface area contributed by atoms with E-state index in [-0.39, 0.29) is 5.75 Å². The van der Waals surface area contributed by atoms with Crippen molar-refractivity contribution < 1.29 is 9.32 Å². The zero-order valence-electron chi connectivity index (χ0n) is 14.6. The molecular formula is C18H29N3O2S. The van der Waals surface area contributed by atoms with Crippen LogP contribution in [0.25, 0.3) is 0 Å². The molecule has 1 aliphatic carbocycles. The summed E-state index contributed by atoms with van der Waals surface area (Å²) in [7, 11) is -0.712. The van der Waals surface area contributed by atoms with Gasteiger partial charge in [-0.15, -0.1) is 0 Å². The maximum absolute atomic E-state index is 12.1. The average Bonchev–Trinajstić information content (AvgIpc) is 2.61. The van der Waals surface area contributed by atoms with Crippen LogP contribution in [0.5, 0.6) is 5.75 Å². The van der Waals surface area contributed by atoms with Gasteiger partial charge in [0.2, 0.25) is 0 Å². The Morgan fingerprint density at radius 1 is 1.29 bits per heavy atom. The maximum Gasteiger partial charge on any atom is 0.191 e. The lowest BCUT2D eigenvalue weighted by molar-refractivity contribution is 0.413. The van der Waals surface area contributed by atoms with E-state index in [1.54, 1.807) is 12.1 Å². The van der Waals surface area contributed by atoms with Crippen LogP contribution in [-0.4, -0.2) is 38.9 Å². The molecule has 3 unspecified atom stereocenters. The molecule has 6 heteroatoms. The predicted octanol–water partition coefficient (Wildman–Crippen LogP) is 2.53. The molecule has 1 aromatic rings. The van der Waals surface area contributed by atoms with Crippen molar-refractivity contribution >= 4 is 16.8 Å². The number of aliphatic imine (C=N–C) groups is 1. The van der Waals surface area contributed by atoms with Gasteiger partial charge in [-0.25, -0.2) is 4.99 Å². The highest BCUT2D eigenvalue weighted by Gasteiger charge is 2.25. The molecule has 1 aliphatic rings. The van der Waals surface area contributed by atoms with Crippen molar-refractivity contribution in [2.45, 2.75) is 57.4 Å². The standard InChI is InChI=1S/C18H29N3O2S/c1-3-19-18(20-13-14-8-10-16(22)11-9-14)21-15-6-5-7-17(12-15)24(23)4-2/h8-11,15,17,22H,3-7,12-13H2,1-2H3,(H2,19,20,21). The van der Waals surface area contributed by atoms with Crippen molar-refractivity contribution in [3.05, 3.63) is 29.8 Å². The van der Waals surface area contributed by atoms with Crippen molar-refractivity contribution in [2.75, 3.05) is 12.3 Å². The van der Waals surface area contributed by atoms with E-state index >= 15 is 0 Å². The molecule has 0 aromatic heterocycles. The minimum atomic E-state index is -0.712. The summed E-state index contributed by atoms with van der Waals surface area (Å²) in [4.78, 5) is 4.63. The van der Waals surface area contributed by atoms with Crippen LogP contribution in [0.2, 0.25) is 0 Å². The van der Waals surface area contributed by atoms with E-state index in [1.165, 1.54) is 0 Å². The number of phenols is 1. The zero-order chi connectivity index (χ0) is 17.4. The molecule has 3 N–H and O–H groups in total. The Morgan fingerprint density at radius 2 is 2.04 bits per heavy atom. The van der Waals surface area contributed by atoms with Crippen LogP contribution in [0.1, 0.15) is 45.1 Å². The van der Waals surface area contributed by atoms with Crippen molar-refractivity contribution in [1.82, 2.24) is 10.6 Å². The summed E-state index contributed by atoms with van der Waals surface area (Å²) in [5, 5.41) is 16.4. The Bertz CT molecular complexity index is 560. The Balaban J connectivity index is 1.95. The Hall–Kier alpha value is -1.56. The fraction of sp³-hybridized carbons (Fsp3) is 0.611. The molecule has 0 heterocycles. The smallest absolute Gasteiger partial charge is 0.191 e. The quantitative estimate of drug-likeness (QED) is 0.544. The summed E-state index contributed by atoms with van der Waals surface area (Å²) < 4.78 is 12.1. The van der Waals surface area contributed by atoms with Crippen LogP contribution in [0.3, 0.4) is 0 Å². The summed E-state index contributed by atoms with van der Waals surface area (Å²) >= 11 is 0. The summed E-state index contributed by atoms with van der Waals surface area (Å²) in [6, 6.07) is 7.44. The molecule has 0 aliphatic heterocycles. The molecule has 5 nitrogen and oxygen atoms in total. The molecule has 1 saturated carbocycles. The van der Waals surface area contributed by atoms with Crippen LogP contribution in [0.4, 0.5) is 0 Å². The highest BCUT2D eigenvalue weighted by atomic mass is 32.2. The van der Waals surface area contributed by atoms with Gasteiger partial charge in [-0.1, -0.05) is 25.5 Å². The van der Waals surface area contributed by atoms with Gasteiger partial charge in [0.15, 0.2) is 5.96 Å². The summed E-state index contributed by atoms with van der Waals surface area (Å²) in [5.74, 6) is 1.82. The van der Waals surface area contributed by atoms with Crippen LogP contribution in [-0.2, 0) is 17.3 Å². The third-order valence-electron chi connectivity index (χ3n) is 4.32. The number of aromatic hydroxyl groups is 1. The van der Waals surface area contributed by atoms with Gasteiger partial charge in [0, 0.05) is 34.4 Å². The Kier molecular flexibility index (Phi) is 7.56. The molecule has 2 rings (SSSR count). The Morgan fingerprint density at radius 3 is 2.71 bits per heavy atom. The second-order valence-electron chi connectivity index (χ2n) is 6.16. The minimum absolute atomic E-state index is 0.268. The molecule has 0 saturated heterocycles. The number of rotatable bonds is 6. The molecule has 0 spiro atoms. The number of nitrogens with zero attached hydrogens (tertiary/aromatic N) is 1. The minimum Gasteiger partial charge on any atom is -0.508 e. The molecule has 3 atom stereocenters. The van der Waals surface area contributed by atoms with Crippen LogP contribution >= 0.6 is 0 Å². The van der Waals surface area contributed by atoms with Crippen LogP contribution in [0, 0.1) is 0 Å². The highest BCUT2D eigenvalue weighted by Crippen LogP contribution is 2.23. The van der Waals surface area contributed by atoms with E-state index < -0.39 is 10.8 Å². The second kappa shape index (κ2) is 9.67. The number of nitrogens with one attached hydrogen (secondary N) is 2. The monoisotopic (exact) mass is 351 g/mol. The van der Waals surface area contributed by atoms with Gasteiger partial charge in [0.1, 0.15) is 5.75 Å². The number of hydrogen-bond donors (Lipinski definition) is 3. The van der Waals surface area contributed by atoms with Gasteiger partial charge in [0.05, 0.1) is 6.54 Å². The first-order valence-corrected chi connectivity index (χ1v) is 10.2. The molecule has 1 aromatic carbocycles. The average molecular weight is 352 g/mol. The van der Waals surface area contributed by atoms with Crippen molar-refractivity contribution in [3.8, 4) is 5.75 Å². The van der Waals surface area contributed by atoms with Gasteiger partial charge in [-0.05, 0) is 43.9 Å². The van der Waals surface area contributed by atoms with E-state index in [0.717, 1.165) is 49.5 Å². The lowest BCUT2D eigenvalue weighted by Crippen LogP contribution is -2.46. The first kappa shape index (κ1) is 18.8. The second-order valence-corrected chi connectivity index (χ2v) is 8.17. The molecule has 1 fully saturated rings. The highest BCUT2D eigenvalue weighted by molar-refractivity contribution is 7.85. The van der Waals surface area contributed by atoms with Gasteiger partial charge in [-0.3, -0.25) is 4.21 Å². The predicted molar refractivity (Wildman–Crippen MR) is 101 cm³/mol. The molecule has 24 heavy (non-hydrogen) atoms. The number of guanidine groups is 1. The number of hydrogen-bond acceptors (Lipinski definition) is 3. The van der Waals surface area contributed by atoms with E-state index in [0.29, 0.717) is 17.8 Å². The topological polar surface area (TPSA) is 73.7 Å². The fourth-order valence-electron chi connectivity index (χ4n) is 3.04.